The van der Waals surface area contributed by atoms with Gasteiger partial charge < -0.3 is 0 Å². The molecule has 0 nitrogen and oxygen atoms in total. The highest BCUT2D eigenvalue weighted by atomic mass is 13.9. The highest BCUT2D eigenvalue weighted by molar-refractivity contribution is 5.06. The Labute approximate surface area is 50.6 Å². The molecule has 0 saturated carbocycles. The Kier molecular flexibility index (Phi) is 2.26. The highest BCUT2D eigenvalue weighted by Crippen LogP contribution is 1.98. The van der Waals surface area contributed by atoms with Crippen molar-refractivity contribution < 1.29 is 0 Å². The number of allylic oxidation sites excluding steroid dienone is 2. The number of rotatable bonds is 0. The maximum atomic E-state index is 3.09. The van der Waals surface area contributed by atoms with Crippen LogP contribution in [-0.4, -0.2) is 0 Å². The SMILES string of the molecule is C1#CCCCC=CC1. The fourth-order valence-corrected chi connectivity index (χ4v) is 0.729. The lowest BCUT2D eigenvalue weighted by molar-refractivity contribution is 0.878. The zero-order valence-corrected chi connectivity index (χ0v) is 4.98. The molecule has 0 amide bonds. The predicted octanol–water partition coefficient (Wildman–Crippen LogP) is 2.12. The molecule has 0 aliphatic heterocycles. The molecule has 0 atom stereocenters. The van der Waals surface area contributed by atoms with Crippen molar-refractivity contribution in [3.63, 3.8) is 0 Å². The van der Waals surface area contributed by atoms with Crippen LogP contribution in [0.3, 0.4) is 0 Å². The standard InChI is InChI=1S/C8H10/c1-2-4-6-8-7-5-3-1/h1-2H,3-5,7H2. The molecule has 42 valence electrons. The van der Waals surface area contributed by atoms with Crippen LogP contribution in [0, 0.1) is 11.8 Å². The Morgan fingerprint density at radius 2 is 2.12 bits per heavy atom. The van der Waals surface area contributed by atoms with Crippen molar-refractivity contribution in [1.29, 1.82) is 0 Å². The van der Waals surface area contributed by atoms with E-state index in [1.807, 2.05) is 0 Å². The largest absolute Gasteiger partial charge is 0.103 e. The molecule has 1 rings (SSSR count). The molecule has 1 aliphatic rings. The summed E-state index contributed by atoms with van der Waals surface area (Å²) < 4.78 is 0. The van der Waals surface area contributed by atoms with Gasteiger partial charge in [0.1, 0.15) is 0 Å². The van der Waals surface area contributed by atoms with Crippen LogP contribution < -0.4 is 0 Å². The first-order valence-electron chi connectivity index (χ1n) is 3.11. The van der Waals surface area contributed by atoms with Gasteiger partial charge in [-0.2, -0.15) is 0 Å². The van der Waals surface area contributed by atoms with Crippen LogP contribution >= 0.6 is 0 Å². The van der Waals surface area contributed by atoms with E-state index in [9.17, 15) is 0 Å². The monoisotopic (exact) mass is 106 g/mol. The van der Waals surface area contributed by atoms with Crippen LogP contribution in [0.2, 0.25) is 0 Å². The van der Waals surface area contributed by atoms with Gasteiger partial charge in [0.05, 0.1) is 0 Å². The minimum atomic E-state index is 0.958. The van der Waals surface area contributed by atoms with Crippen LogP contribution in [0.25, 0.3) is 0 Å². The lowest BCUT2D eigenvalue weighted by atomic mass is 10.2. The Bertz CT molecular complexity index is 132. The van der Waals surface area contributed by atoms with E-state index in [0.29, 0.717) is 0 Å². The maximum Gasteiger partial charge on any atom is 0.0269 e. The second-order valence-corrected chi connectivity index (χ2v) is 1.92. The Morgan fingerprint density at radius 1 is 1.12 bits per heavy atom. The third kappa shape index (κ3) is 1.84. The molecule has 0 aromatic heterocycles. The van der Waals surface area contributed by atoms with Crippen molar-refractivity contribution in [3.05, 3.63) is 12.2 Å². The van der Waals surface area contributed by atoms with E-state index >= 15 is 0 Å². The normalized spacial score (nSPS) is 18.0. The molecule has 8 heavy (non-hydrogen) atoms. The quantitative estimate of drug-likeness (QED) is 0.328. The molecule has 0 spiro atoms. The summed E-state index contributed by atoms with van der Waals surface area (Å²) in [5, 5.41) is 0. The van der Waals surface area contributed by atoms with Gasteiger partial charge in [-0.3, -0.25) is 0 Å². The van der Waals surface area contributed by atoms with E-state index in [1.54, 1.807) is 0 Å². The van der Waals surface area contributed by atoms with E-state index in [2.05, 4.69) is 24.0 Å². The summed E-state index contributed by atoms with van der Waals surface area (Å²) in [5.41, 5.74) is 0. The second-order valence-electron chi connectivity index (χ2n) is 1.92. The minimum absolute atomic E-state index is 0.958. The summed E-state index contributed by atoms with van der Waals surface area (Å²) in [6.07, 6.45) is 8.86. The lowest BCUT2D eigenvalue weighted by Crippen LogP contribution is -1.73. The molecule has 1 aliphatic carbocycles. The molecular formula is C8H10. The van der Waals surface area contributed by atoms with Crippen molar-refractivity contribution in [3.8, 4) is 11.8 Å². The first kappa shape index (κ1) is 5.44. The van der Waals surface area contributed by atoms with Crippen LogP contribution in [-0.2, 0) is 0 Å². The topological polar surface area (TPSA) is 0 Å². The van der Waals surface area contributed by atoms with Gasteiger partial charge in [0.15, 0.2) is 0 Å². The van der Waals surface area contributed by atoms with Crippen molar-refractivity contribution in [2.45, 2.75) is 25.7 Å². The average molecular weight is 106 g/mol. The van der Waals surface area contributed by atoms with Gasteiger partial charge in [0.2, 0.25) is 0 Å². The lowest BCUT2D eigenvalue weighted by Gasteiger charge is -1.89. The number of hydrogen-bond acceptors (Lipinski definition) is 0. The van der Waals surface area contributed by atoms with Crippen LogP contribution in [0.4, 0.5) is 0 Å². The van der Waals surface area contributed by atoms with Gasteiger partial charge in [-0.25, -0.2) is 0 Å². The van der Waals surface area contributed by atoms with Gasteiger partial charge in [0.25, 0.3) is 0 Å². The predicted molar refractivity (Wildman–Crippen MR) is 35.4 cm³/mol. The smallest absolute Gasteiger partial charge is 0.0269 e. The van der Waals surface area contributed by atoms with E-state index in [4.69, 9.17) is 0 Å². The first-order chi connectivity index (χ1) is 4.00. The first-order valence-corrected chi connectivity index (χ1v) is 3.11. The van der Waals surface area contributed by atoms with E-state index in [-0.39, 0.29) is 0 Å². The summed E-state index contributed by atoms with van der Waals surface area (Å²) in [6.45, 7) is 0. The molecule has 0 unspecified atom stereocenters. The molecule has 0 saturated heterocycles. The molecule has 0 heteroatoms. The molecule has 0 radical (unpaired) electrons. The third-order valence-corrected chi connectivity index (χ3v) is 1.18. The van der Waals surface area contributed by atoms with Crippen molar-refractivity contribution >= 4 is 0 Å². The summed E-state index contributed by atoms with van der Waals surface area (Å²) in [6, 6.07) is 0. The van der Waals surface area contributed by atoms with Crippen LogP contribution in [0.1, 0.15) is 25.7 Å². The van der Waals surface area contributed by atoms with Crippen molar-refractivity contribution in [2.24, 2.45) is 0 Å². The summed E-state index contributed by atoms with van der Waals surface area (Å²) in [4.78, 5) is 0. The molecular weight excluding hydrogens is 96.1 g/mol. The Balaban J connectivity index is 2.38. The van der Waals surface area contributed by atoms with Crippen LogP contribution in [0.5, 0.6) is 0 Å². The molecule has 0 fully saturated rings. The molecule has 0 heterocycles. The summed E-state index contributed by atoms with van der Waals surface area (Å²) >= 11 is 0. The van der Waals surface area contributed by atoms with Gasteiger partial charge in [-0.15, -0.1) is 5.92 Å². The average Bonchev–Trinajstić information content (AvgIpc) is 1.62. The van der Waals surface area contributed by atoms with Gasteiger partial charge in [-0.05, 0) is 12.8 Å². The fourth-order valence-electron chi connectivity index (χ4n) is 0.729. The van der Waals surface area contributed by atoms with Crippen molar-refractivity contribution in [1.82, 2.24) is 0 Å². The Hall–Kier alpha value is -0.700. The molecule has 0 aromatic rings. The molecule has 0 N–H and O–H groups in total. The summed E-state index contributed by atoms with van der Waals surface area (Å²) in [7, 11) is 0. The maximum absolute atomic E-state index is 3.09. The highest BCUT2D eigenvalue weighted by Gasteiger charge is 1.81. The zero-order chi connectivity index (χ0) is 5.66. The Morgan fingerprint density at radius 3 is 3.12 bits per heavy atom. The van der Waals surface area contributed by atoms with Crippen LogP contribution in [0.15, 0.2) is 12.2 Å². The van der Waals surface area contributed by atoms with E-state index < -0.39 is 0 Å². The van der Waals surface area contributed by atoms with Gasteiger partial charge in [0, 0.05) is 12.8 Å². The number of hydrogen-bond donors (Lipinski definition) is 0. The van der Waals surface area contributed by atoms with Gasteiger partial charge >= 0.3 is 0 Å². The van der Waals surface area contributed by atoms with E-state index in [1.165, 1.54) is 12.8 Å². The molecule has 0 aromatic carbocycles. The van der Waals surface area contributed by atoms with Crippen molar-refractivity contribution in [2.75, 3.05) is 0 Å². The zero-order valence-electron chi connectivity index (χ0n) is 4.98. The third-order valence-electron chi connectivity index (χ3n) is 1.18. The van der Waals surface area contributed by atoms with E-state index in [0.717, 1.165) is 12.8 Å². The molecule has 0 bridgehead atoms. The minimum Gasteiger partial charge on any atom is -0.103 e. The second kappa shape index (κ2) is 3.32. The fraction of sp³-hybridized carbons (Fsp3) is 0.500. The summed E-state index contributed by atoms with van der Waals surface area (Å²) in [5.74, 6) is 6.14. The van der Waals surface area contributed by atoms with Gasteiger partial charge in [-0.1, -0.05) is 18.1 Å².